The number of hydrogen-bond acceptors (Lipinski definition) is 6. The number of rotatable bonds is 8. The molecule has 3 N–H and O–H groups in total. The molecule has 194 valence electrons. The van der Waals surface area contributed by atoms with Crippen molar-refractivity contribution in [2.24, 2.45) is 11.8 Å². The van der Waals surface area contributed by atoms with E-state index in [-0.39, 0.29) is 17.7 Å². The van der Waals surface area contributed by atoms with Gasteiger partial charge < -0.3 is 20.9 Å². The Bertz CT molecular complexity index is 1040. The number of hydrogen-bond donors (Lipinski definition) is 3. The van der Waals surface area contributed by atoms with E-state index >= 15 is 0 Å². The standard InChI is InChI=1S/C28H40N6O2/c1-19-17-30-28(33-25(19)34(2)3)32-23-14-12-20(13-15-23)18-29-26(35)22-10-7-11-24(16-22)31-27(36)21-8-5-4-6-9-21/h7,10-11,16-17,20-21,23H,4-6,8-9,12-15,18H2,1-3H3,(H,29,35)(H,31,36)(H,30,32,33)/t20-,23+. The normalized spacial score (nSPS) is 20.4. The summed E-state index contributed by atoms with van der Waals surface area (Å²) in [4.78, 5) is 36.4. The van der Waals surface area contributed by atoms with Gasteiger partial charge >= 0.3 is 0 Å². The molecule has 0 radical (unpaired) electrons. The summed E-state index contributed by atoms with van der Waals surface area (Å²) in [5, 5.41) is 9.60. The molecule has 1 aromatic heterocycles. The first-order valence-corrected chi connectivity index (χ1v) is 13.4. The third-order valence-corrected chi connectivity index (χ3v) is 7.47. The molecule has 0 spiro atoms. The summed E-state index contributed by atoms with van der Waals surface area (Å²) in [5.41, 5.74) is 2.34. The van der Waals surface area contributed by atoms with E-state index in [1.165, 1.54) is 6.42 Å². The summed E-state index contributed by atoms with van der Waals surface area (Å²) < 4.78 is 0. The van der Waals surface area contributed by atoms with E-state index in [1.54, 1.807) is 12.1 Å². The third kappa shape index (κ3) is 6.95. The molecule has 2 aliphatic carbocycles. The Morgan fingerprint density at radius 3 is 2.50 bits per heavy atom. The molecule has 2 aromatic rings. The zero-order valence-corrected chi connectivity index (χ0v) is 21.8. The van der Waals surface area contributed by atoms with Gasteiger partial charge in [-0.15, -0.1) is 0 Å². The molecule has 2 saturated carbocycles. The van der Waals surface area contributed by atoms with Gasteiger partial charge in [0.15, 0.2) is 0 Å². The van der Waals surface area contributed by atoms with Crippen molar-refractivity contribution < 1.29 is 9.59 Å². The van der Waals surface area contributed by atoms with Crippen LogP contribution in [0, 0.1) is 18.8 Å². The number of amides is 2. The van der Waals surface area contributed by atoms with E-state index in [2.05, 4.69) is 25.9 Å². The fourth-order valence-electron chi connectivity index (χ4n) is 5.34. The maximum atomic E-state index is 12.8. The Morgan fingerprint density at radius 2 is 1.78 bits per heavy atom. The highest BCUT2D eigenvalue weighted by Gasteiger charge is 2.23. The molecular formula is C28H40N6O2. The molecule has 2 fully saturated rings. The Balaban J connectivity index is 1.22. The Morgan fingerprint density at radius 1 is 1.03 bits per heavy atom. The van der Waals surface area contributed by atoms with Gasteiger partial charge in [0.05, 0.1) is 0 Å². The van der Waals surface area contributed by atoms with Crippen LogP contribution in [0.3, 0.4) is 0 Å². The van der Waals surface area contributed by atoms with Crippen molar-refractivity contribution in [1.82, 2.24) is 15.3 Å². The zero-order valence-electron chi connectivity index (χ0n) is 21.8. The number of carbonyl (C=O) groups is 2. The van der Waals surface area contributed by atoms with Gasteiger partial charge in [0.1, 0.15) is 5.82 Å². The molecule has 8 nitrogen and oxygen atoms in total. The lowest BCUT2D eigenvalue weighted by molar-refractivity contribution is -0.120. The van der Waals surface area contributed by atoms with Crippen LogP contribution in [0.25, 0.3) is 0 Å². The molecule has 0 atom stereocenters. The predicted molar refractivity (Wildman–Crippen MR) is 144 cm³/mol. The second-order valence-corrected chi connectivity index (χ2v) is 10.6. The van der Waals surface area contributed by atoms with Crippen LogP contribution in [0.4, 0.5) is 17.5 Å². The summed E-state index contributed by atoms with van der Waals surface area (Å²) in [7, 11) is 3.98. The minimum atomic E-state index is -0.0896. The molecule has 36 heavy (non-hydrogen) atoms. The lowest BCUT2D eigenvalue weighted by Crippen LogP contribution is -2.34. The molecule has 0 saturated heterocycles. The van der Waals surface area contributed by atoms with Crippen LogP contribution in [0.2, 0.25) is 0 Å². The molecule has 1 heterocycles. The van der Waals surface area contributed by atoms with Crippen molar-refractivity contribution in [1.29, 1.82) is 0 Å². The average molecular weight is 493 g/mol. The molecule has 0 unspecified atom stereocenters. The highest BCUT2D eigenvalue weighted by atomic mass is 16.2. The predicted octanol–water partition coefficient (Wildman–Crippen LogP) is 4.77. The van der Waals surface area contributed by atoms with E-state index < -0.39 is 0 Å². The summed E-state index contributed by atoms with van der Waals surface area (Å²) in [6.45, 7) is 2.68. The van der Waals surface area contributed by atoms with E-state index in [0.29, 0.717) is 35.7 Å². The average Bonchev–Trinajstić information content (AvgIpc) is 2.89. The lowest BCUT2D eigenvalue weighted by atomic mass is 9.86. The van der Waals surface area contributed by atoms with Gasteiger partial charge in [-0.1, -0.05) is 25.3 Å². The number of carbonyl (C=O) groups excluding carboxylic acids is 2. The molecular weight excluding hydrogens is 452 g/mol. The molecule has 8 heteroatoms. The molecule has 4 rings (SSSR count). The van der Waals surface area contributed by atoms with Crippen LogP contribution in [0.5, 0.6) is 0 Å². The second-order valence-electron chi connectivity index (χ2n) is 10.6. The summed E-state index contributed by atoms with van der Waals surface area (Å²) in [6.07, 6.45) is 11.4. The molecule has 2 aliphatic rings. The topological polar surface area (TPSA) is 99.2 Å². The number of anilines is 3. The number of benzene rings is 1. The van der Waals surface area contributed by atoms with E-state index in [9.17, 15) is 9.59 Å². The van der Waals surface area contributed by atoms with E-state index in [1.807, 2.05) is 44.2 Å². The second kappa shape index (κ2) is 12.2. The summed E-state index contributed by atoms with van der Waals surface area (Å²) >= 11 is 0. The van der Waals surface area contributed by atoms with E-state index in [0.717, 1.165) is 62.7 Å². The van der Waals surface area contributed by atoms with Crippen LogP contribution in [-0.4, -0.2) is 48.5 Å². The molecule has 2 amide bonds. The maximum Gasteiger partial charge on any atom is 0.251 e. The van der Waals surface area contributed by atoms with Crippen LogP contribution in [0.1, 0.15) is 73.7 Å². The van der Waals surface area contributed by atoms with Crippen molar-refractivity contribution in [2.45, 2.75) is 70.8 Å². The molecule has 0 aliphatic heterocycles. The quantitative estimate of drug-likeness (QED) is 0.491. The first kappa shape index (κ1) is 25.9. The Kier molecular flexibility index (Phi) is 8.78. The van der Waals surface area contributed by atoms with Gasteiger partial charge in [0.2, 0.25) is 11.9 Å². The van der Waals surface area contributed by atoms with Crippen LogP contribution in [-0.2, 0) is 4.79 Å². The minimum absolute atomic E-state index is 0.0756. The van der Waals surface area contributed by atoms with Crippen molar-refractivity contribution in [3.63, 3.8) is 0 Å². The number of nitrogens with zero attached hydrogens (tertiary/aromatic N) is 3. The number of nitrogens with one attached hydrogen (secondary N) is 3. The van der Waals surface area contributed by atoms with Crippen LogP contribution >= 0.6 is 0 Å². The smallest absolute Gasteiger partial charge is 0.251 e. The zero-order chi connectivity index (χ0) is 25.5. The first-order chi connectivity index (χ1) is 17.4. The van der Waals surface area contributed by atoms with Gasteiger partial charge in [-0.2, -0.15) is 4.98 Å². The summed E-state index contributed by atoms with van der Waals surface area (Å²) in [6, 6.07) is 7.61. The van der Waals surface area contributed by atoms with Gasteiger partial charge in [-0.25, -0.2) is 4.98 Å². The monoisotopic (exact) mass is 492 g/mol. The molecule has 1 aromatic carbocycles. The first-order valence-electron chi connectivity index (χ1n) is 13.4. The molecule has 0 bridgehead atoms. The minimum Gasteiger partial charge on any atom is -0.362 e. The fourth-order valence-corrected chi connectivity index (χ4v) is 5.34. The Labute approximate surface area is 214 Å². The SMILES string of the molecule is Cc1cnc(N[C@H]2CC[C@@H](CNC(=O)c3cccc(NC(=O)C4CCCCC4)c3)CC2)nc1N(C)C. The Hall–Kier alpha value is -3.16. The van der Waals surface area contributed by atoms with Crippen molar-refractivity contribution in [3.8, 4) is 0 Å². The van der Waals surface area contributed by atoms with Gasteiger partial charge in [-0.05, 0) is 69.6 Å². The maximum absolute atomic E-state index is 12.8. The fraction of sp³-hybridized carbons (Fsp3) is 0.571. The summed E-state index contributed by atoms with van der Waals surface area (Å²) in [5.74, 6) is 2.14. The van der Waals surface area contributed by atoms with Crippen LogP contribution < -0.4 is 20.9 Å². The van der Waals surface area contributed by atoms with Gasteiger partial charge in [0.25, 0.3) is 5.91 Å². The number of aromatic nitrogens is 2. The van der Waals surface area contributed by atoms with E-state index in [4.69, 9.17) is 0 Å². The highest BCUT2D eigenvalue weighted by molar-refractivity contribution is 5.97. The van der Waals surface area contributed by atoms with Crippen molar-refractivity contribution >= 4 is 29.3 Å². The largest absolute Gasteiger partial charge is 0.362 e. The van der Waals surface area contributed by atoms with Crippen molar-refractivity contribution in [3.05, 3.63) is 41.6 Å². The van der Waals surface area contributed by atoms with Gasteiger partial charge in [0, 0.05) is 55.6 Å². The highest BCUT2D eigenvalue weighted by Crippen LogP contribution is 2.27. The van der Waals surface area contributed by atoms with Gasteiger partial charge in [-0.3, -0.25) is 9.59 Å². The van der Waals surface area contributed by atoms with Crippen LogP contribution in [0.15, 0.2) is 30.5 Å². The lowest BCUT2D eigenvalue weighted by Gasteiger charge is -2.29. The number of aryl methyl sites for hydroxylation is 1. The third-order valence-electron chi connectivity index (χ3n) is 7.47. The van der Waals surface area contributed by atoms with Crippen molar-refractivity contribution in [2.75, 3.05) is 36.2 Å².